The standard InChI is InChI=1S/C29H34F2N2O4/c1-3-20-5-4-6-21(13-20)18-32-19-28(34)27(16-22-14-23(30)17-24(31)15-22)33-29(35)11-12-37-26-9-7-25(36-2)8-10-26/h4-10,13-15,17,27-28,32,34H,3,11-12,16,18-19H2,1-2H3,(H,33,35)/t27?,28-/m1/s1. The van der Waals surface area contributed by atoms with Crippen molar-refractivity contribution in [1.82, 2.24) is 10.6 Å². The van der Waals surface area contributed by atoms with Gasteiger partial charge in [0.25, 0.3) is 0 Å². The van der Waals surface area contributed by atoms with E-state index in [0.717, 1.165) is 18.1 Å². The van der Waals surface area contributed by atoms with E-state index in [1.807, 2.05) is 12.1 Å². The predicted molar refractivity (Wildman–Crippen MR) is 139 cm³/mol. The monoisotopic (exact) mass is 512 g/mol. The molecule has 0 saturated carbocycles. The summed E-state index contributed by atoms with van der Waals surface area (Å²) in [5, 5.41) is 16.9. The highest BCUT2D eigenvalue weighted by Gasteiger charge is 2.22. The second-order valence-corrected chi connectivity index (χ2v) is 8.80. The third-order valence-corrected chi connectivity index (χ3v) is 5.93. The van der Waals surface area contributed by atoms with Crippen LogP contribution in [-0.2, 0) is 24.2 Å². The number of methoxy groups -OCH3 is 1. The summed E-state index contributed by atoms with van der Waals surface area (Å²) in [4.78, 5) is 12.6. The van der Waals surface area contributed by atoms with Gasteiger partial charge in [0.2, 0.25) is 5.91 Å². The number of aryl methyl sites for hydroxylation is 1. The number of hydrogen-bond donors (Lipinski definition) is 3. The van der Waals surface area contributed by atoms with Gasteiger partial charge in [-0.3, -0.25) is 4.79 Å². The molecule has 8 heteroatoms. The van der Waals surface area contributed by atoms with E-state index in [0.29, 0.717) is 23.6 Å². The van der Waals surface area contributed by atoms with Crippen LogP contribution in [0.5, 0.6) is 11.5 Å². The molecular formula is C29H34F2N2O4. The van der Waals surface area contributed by atoms with E-state index in [-0.39, 0.29) is 31.9 Å². The third kappa shape index (κ3) is 9.48. The Labute approximate surface area is 216 Å². The van der Waals surface area contributed by atoms with Crippen molar-refractivity contribution in [3.63, 3.8) is 0 Å². The average molecular weight is 513 g/mol. The molecule has 6 nitrogen and oxygen atoms in total. The molecule has 0 fully saturated rings. The van der Waals surface area contributed by atoms with Gasteiger partial charge in [-0.25, -0.2) is 8.78 Å². The van der Waals surface area contributed by atoms with Gasteiger partial charge in [-0.1, -0.05) is 31.2 Å². The Morgan fingerprint density at radius 2 is 1.62 bits per heavy atom. The van der Waals surface area contributed by atoms with E-state index in [2.05, 4.69) is 29.7 Å². The molecule has 0 saturated heterocycles. The number of carbonyl (C=O) groups is 1. The Hall–Kier alpha value is -3.49. The molecule has 3 aromatic carbocycles. The van der Waals surface area contributed by atoms with E-state index in [4.69, 9.17) is 9.47 Å². The molecule has 2 atom stereocenters. The summed E-state index contributed by atoms with van der Waals surface area (Å²) in [5.74, 6) is -0.475. The van der Waals surface area contributed by atoms with Crippen molar-refractivity contribution in [3.05, 3.63) is 95.1 Å². The van der Waals surface area contributed by atoms with Crippen LogP contribution in [0.25, 0.3) is 0 Å². The summed E-state index contributed by atoms with van der Waals surface area (Å²) in [6.07, 6.45) is 0.0432. The number of hydrogen-bond acceptors (Lipinski definition) is 5. The number of ether oxygens (including phenoxy) is 2. The molecule has 0 bridgehead atoms. The van der Waals surface area contributed by atoms with Gasteiger partial charge < -0.3 is 25.2 Å². The molecule has 37 heavy (non-hydrogen) atoms. The van der Waals surface area contributed by atoms with E-state index < -0.39 is 23.8 Å². The zero-order valence-electron chi connectivity index (χ0n) is 21.2. The van der Waals surface area contributed by atoms with Gasteiger partial charge >= 0.3 is 0 Å². The molecule has 0 aliphatic carbocycles. The maximum absolute atomic E-state index is 13.7. The summed E-state index contributed by atoms with van der Waals surface area (Å²) >= 11 is 0. The zero-order valence-corrected chi connectivity index (χ0v) is 21.2. The van der Waals surface area contributed by atoms with E-state index in [1.165, 1.54) is 17.7 Å². The molecule has 0 spiro atoms. The Morgan fingerprint density at radius 3 is 2.30 bits per heavy atom. The van der Waals surface area contributed by atoms with Crippen molar-refractivity contribution in [3.8, 4) is 11.5 Å². The van der Waals surface area contributed by atoms with Gasteiger partial charge in [-0.2, -0.15) is 0 Å². The van der Waals surface area contributed by atoms with Gasteiger partial charge in [0.1, 0.15) is 23.1 Å². The topological polar surface area (TPSA) is 79.8 Å². The highest BCUT2D eigenvalue weighted by atomic mass is 19.1. The number of nitrogens with one attached hydrogen (secondary N) is 2. The minimum absolute atomic E-state index is 0.0456. The number of benzene rings is 3. The summed E-state index contributed by atoms with van der Waals surface area (Å²) in [7, 11) is 1.57. The lowest BCUT2D eigenvalue weighted by Crippen LogP contribution is -2.48. The van der Waals surface area contributed by atoms with Gasteiger partial charge in [-0.15, -0.1) is 0 Å². The van der Waals surface area contributed by atoms with Crippen LogP contribution < -0.4 is 20.1 Å². The van der Waals surface area contributed by atoms with Crippen molar-refractivity contribution < 1.29 is 28.2 Å². The lowest BCUT2D eigenvalue weighted by Gasteiger charge is -2.25. The van der Waals surface area contributed by atoms with E-state index >= 15 is 0 Å². The number of aliphatic hydroxyl groups excluding tert-OH is 1. The van der Waals surface area contributed by atoms with Crippen LogP contribution in [0.15, 0.2) is 66.7 Å². The number of halogens is 2. The van der Waals surface area contributed by atoms with Crippen molar-refractivity contribution >= 4 is 5.91 Å². The molecule has 0 aliphatic heterocycles. The van der Waals surface area contributed by atoms with Crippen molar-refractivity contribution in [1.29, 1.82) is 0 Å². The molecule has 3 N–H and O–H groups in total. The normalized spacial score (nSPS) is 12.6. The predicted octanol–water partition coefficient (Wildman–Crippen LogP) is 4.18. The van der Waals surface area contributed by atoms with Crippen LogP contribution in [-0.4, -0.2) is 43.4 Å². The maximum atomic E-state index is 13.7. The molecule has 0 aliphatic rings. The van der Waals surface area contributed by atoms with Crippen molar-refractivity contribution in [2.45, 2.75) is 44.9 Å². The average Bonchev–Trinajstić information content (AvgIpc) is 2.88. The number of aliphatic hydroxyl groups is 1. The van der Waals surface area contributed by atoms with Crippen molar-refractivity contribution in [2.75, 3.05) is 20.3 Å². The molecule has 0 heterocycles. The minimum atomic E-state index is -0.993. The van der Waals surface area contributed by atoms with Crippen LogP contribution in [0.1, 0.15) is 30.0 Å². The van der Waals surface area contributed by atoms with Gasteiger partial charge in [0.15, 0.2) is 0 Å². The quantitative estimate of drug-likeness (QED) is 0.302. The number of carbonyl (C=O) groups excluding carboxylic acids is 1. The van der Waals surface area contributed by atoms with Crippen molar-refractivity contribution in [2.24, 2.45) is 0 Å². The molecular weight excluding hydrogens is 478 g/mol. The van der Waals surface area contributed by atoms with Crippen LogP contribution in [0.3, 0.4) is 0 Å². The van der Waals surface area contributed by atoms with E-state index in [9.17, 15) is 18.7 Å². The number of rotatable bonds is 14. The lowest BCUT2D eigenvalue weighted by molar-refractivity contribution is -0.123. The first-order valence-electron chi connectivity index (χ1n) is 12.3. The molecule has 1 amide bonds. The Bertz CT molecular complexity index is 1120. The Balaban J connectivity index is 1.58. The largest absolute Gasteiger partial charge is 0.497 e. The van der Waals surface area contributed by atoms with Crippen LogP contribution in [0.2, 0.25) is 0 Å². The summed E-state index contributed by atoms with van der Waals surface area (Å²) < 4.78 is 38.2. The summed E-state index contributed by atoms with van der Waals surface area (Å²) in [6.45, 7) is 2.93. The first kappa shape index (κ1) is 28.1. The molecule has 0 aromatic heterocycles. The van der Waals surface area contributed by atoms with Crippen LogP contribution in [0.4, 0.5) is 8.78 Å². The Morgan fingerprint density at radius 1 is 0.946 bits per heavy atom. The fourth-order valence-corrected chi connectivity index (χ4v) is 3.94. The smallest absolute Gasteiger partial charge is 0.223 e. The fourth-order valence-electron chi connectivity index (χ4n) is 3.94. The highest BCUT2D eigenvalue weighted by molar-refractivity contribution is 5.76. The minimum Gasteiger partial charge on any atom is -0.497 e. The summed E-state index contributed by atoms with van der Waals surface area (Å²) in [5.41, 5.74) is 2.64. The third-order valence-electron chi connectivity index (χ3n) is 5.93. The Kier molecular flexibility index (Phi) is 10.9. The summed E-state index contributed by atoms with van der Waals surface area (Å²) in [6, 6.07) is 17.6. The first-order chi connectivity index (χ1) is 17.9. The SMILES string of the molecule is CCc1cccc(CNC[C@@H](O)C(Cc2cc(F)cc(F)c2)NC(=O)CCOc2ccc(OC)cc2)c1. The molecule has 3 aromatic rings. The van der Waals surface area contributed by atoms with E-state index in [1.54, 1.807) is 31.4 Å². The van der Waals surface area contributed by atoms with Crippen LogP contribution in [0, 0.1) is 11.6 Å². The second-order valence-electron chi connectivity index (χ2n) is 8.80. The molecule has 0 radical (unpaired) electrons. The van der Waals surface area contributed by atoms with Gasteiger partial charge in [-0.05, 0) is 65.9 Å². The van der Waals surface area contributed by atoms with Gasteiger partial charge in [0.05, 0.1) is 32.3 Å². The molecule has 198 valence electrons. The fraction of sp³-hybridized carbons (Fsp3) is 0.345. The maximum Gasteiger partial charge on any atom is 0.223 e. The van der Waals surface area contributed by atoms with Crippen LogP contribution >= 0.6 is 0 Å². The highest BCUT2D eigenvalue weighted by Crippen LogP contribution is 2.17. The van der Waals surface area contributed by atoms with Gasteiger partial charge in [0, 0.05) is 19.2 Å². The second kappa shape index (κ2) is 14.3. The first-order valence-corrected chi connectivity index (χ1v) is 12.3. The number of amides is 1. The lowest BCUT2D eigenvalue weighted by atomic mass is 10.00. The molecule has 1 unspecified atom stereocenters. The zero-order chi connectivity index (χ0) is 26.6. The molecule has 3 rings (SSSR count).